The van der Waals surface area contributed by atoms with Crippen molar-refractivity contribution in [2.75, 3.05) is 13.1 Å². The molecule has 1 aromatic rings. The van der Waals surface area contributed by atoms with Gasteiger partial charge in [-0.25, -0.2) is 4.39 Å². The van der Waals surface area contributed by atoms with Gasteiger partial charge in [-0.2, -0.15) is 13.2 Å². The third-order valence-electron chi connectivity index (χ3n) is 3.43. The summed E-state index contributed by atoms with van der Waals surface area (Å²) in [6, 6.07) is 2.13. The number of likely N-dealkylation sites (tertiary alicyclic amines) is 1. The van der Waals surface area contributed by atoms with Gasteiger partial charge >= 0.3 is 6.18 Å². The van der Waals surface area contributed by atoms with Gasteiger partial charge in [-0.15, -0.1) is 0 Å². The van der Waals surface area contributed by atoms with Crippen LogP contribution in [0.4, 0.5) is 17.6 Å². The van der Waals surface area contributed by atoms with E-state index in [0.717, 1.165) is 18.9 Å². The standard InChI is InChI=1S/C13H14F4N2O/c14-11-4-3-8(6-10(11)13(15,16)17)12(20)19-5-1-2-9(19)7-18/h3-4,6,9H,1-2,5,7,18H2. The molecule has 1 heterocycles. The third kappa shape index (κ3) is 2.77. The highest BCUT2D eigenvalue weighted by Gasteiger charge is 2.36. The first-order chi connectivity index (χ1) is 9.34. The molecular formula is C13H14F4N2O. The Balaban J connectivity index is 2.31. The van der Waals surface area contributed by atoms with E-state index in [-0.39, 0.29) is 18.2 Å². The number of hydrogen-bond acceptors (Lipinski definition) is 2. The predicted molar refractivity (Wildman–Crippen MR) is 64.5 cm³/mol. The molecule has 20 heavy (non-hydrogen) atoms. The van der Waals surface area contributed by atoms with E-state index in [2.05, 4.69) is 0 Å². The molecule has 1 aliphatic heterocycles. The Morgan fingerprint density at radius 3 is 2.70 bits per heavy atom. The van der Waals surface area contributed by atoms with Crippen molar-refractivity contribution in [1.82, 2.24) is 4.90 Å². The van der Waals surface area contributed by atoms with Crippen molar-refractivity contribution in [3.05, 3.63) is 35.1 Å². The zero-order valence-corrected chi connectivity index (χ0v) is 10.6. The van der Waals surface area contributed by atoms with Gasteiger partial charge in [0, 0.05) is 24.7 Å². The summed E-state index contributed by atoms with van der Waals surface area (Å²) in [5, 5.41) is 0. The van der Waals surface area contributed by atoms with Crippen LogP contribution in [-0.2, 0) is 6.18 Å². The number of benzene rings is 1. The minimum Gasteiger partial charge on any atom is -0.334 e. The second-order valence-corrected chi connectivity index (χ2v) is 4.72. The van der Waals surface area contributed by atoms with Crippen LogP contribution in [-0.4, -0.2) is 29.9 Å². The quantitative estimate of drug-likeness (QED) is 0.850. The molecule has 1 aliphatic rings. The van der Waals surface area contributed by atoms with Crippen molar-refractivity contribution in [1.29, 1.82) is 0 Å². The van der Waals surface area contributed by atoms with Crippen molar-refractivity contribution in [2.45, 2.75) is 25.1 Å². The van der Waals surface area contributed by atoms with Gasteiger partial charge in [-0.05, 0) is 31.0 Å². The molecule has 2 rings (SSSR count). The van der Waals surface area contributed by atoms with E-state index in [1.807, 2.05) is 0 Å². The van der Waals surface area contributed by atoms with E-state index in [0.29, 0.717) is 18.7 Å². The van der Waals surface area contributed by atoms with Gasteiger partial charge in [0.2, 0.25) is 0 Å². The van der Waals surface area contributed by atoms with E-state index in [9.17, 15) is 22.4 Å². The van der Waals surface area contributed by atoms with Gasteiger partial charge in [0.05, 0.1) is 5.56 Å². The zero-order valence-electron chi connectivity index (χ0n) is 10.6. The Morgan fingerprint density at radius 1 is 1.40 bits per heavy atom. The maximum absolute atomic E-state index is 13.2. The van der Waals surface area contributed by atoms with Gasteiger partial charge in [0.25, 0.3) is 5.91 Å². The molecule has 1 aromatic carbocycles. The van der Waals surface area contributed by atoms with Crippen molar-refractivity contribution < 1.29 is 22.4 Å². The lowest BCUT2D eigenvalue weighted by Gasteiger charge is -2.23. The van der Waals surface area contributed by atoms with Crippen molar-refractivity contribution in [3.63, 3.8) is 0 Å². The molecule has 7 heteroatoms. The minimum absolute atomic E-state index is 0.165. The number of rotatable bonds is 2. The van der Waals surface area contributed by atoms with E-state index in [1.165, 1.54) is 4.90 Å². The molecule has 1 atom stereocenters. The van der Waals surface area contributed by atoms with Crippen LogP contribution in [0.25, 0.3) is 0 Å². The van der Waals surface area contributed by atoms with Crippen molar-refractivity contribution >= 4 is 5.91 Å². The molecule has 0 bridgehead atoms. The molecule has 0 aliphatic carbocycles. The predicted octanol–water partition coefficient (Wildman–Crippen LogP) is 2.41. The molecular weight excluding hydrogens is 276 g/mol. The van der Waals surface area contributed by atoms with E-state index in [1.54, 1.807) is 0 Å². The lowest BCUT2D eigenvalue weighted by molar-refractivity contribution is -0.140. The Hall–Kier alpha value is -1.63. The van der Waals surface area contributed by atoms with Crippen LogP contribution in [0.3, 0.4) is 0 Å². The minimum atomic E-state index is -4.82. The second kappa shape index (κ2) is 5.40. The van der Waals surface area contributed by atoms with Crippen molar-refractivity contribution in [3.8, 4) is 0 Å². The van der Waals surface area contributed by atoms with Gasteiger partial charge in [0.15, 0.2) is 0 Å². The highest BCUT2D eigenvalue weighted by atomic mass is 19.4. The fraction of sp³-hybridized carbons (Fsp3) is 0.462. The number of alkyl halides is 3. The monoisotopic (exact) mass is 290 g/mol. The van der Waals surface area contributed by atoms with E-state index >= 15 is 0 Å². The molecule has 1 fully saturated rings. The average molecular weight is 290 g/mol. The number of amides is 1. The summed E-state index contributed by atoms with van der Waals surface area (Å²) in [5.41, 5.74) is 3.94. The average Bonchev–Trinajstić information content (AvgIpc) is 2.85. The maximum atomic E-state index is 13.2. The molecule has 1 saturated heterocycles. The number of halogens is 4. The van der Waals surface area contributed by atoms with Gasteiger partial charge in [0.1, 0.15) is 5.82 Å². The van der Waals surface area contributed by atoms with Gasteiger partial charge in [-0.3, -0.25) is 4.79 Å². The molecule has 2 N–H and O–H groups in total. The number of hydrogen-bond donors (Lipinski definition) is 1. The molecule has 0 aromatic heterocycles. The summed E-state index contributed by atoms with van der Waals surface area (Å²) in [6.07, 6.45) is -3.32. The summed E-state index contributed by atoms with van der Waals surface area (Å²) in [4.78, 5) is 13.6. The van der Waals surface area contributed by atoms with Crippen LogP contribution in [0.1, 0.15) is 28.8 Å². The summed E-state index contributed by atoms with van der Waals surface area (Å²) in [7, 11) is 0. The normalized spacial score (nSPS) is 19.4. The molecule has 110 valence electrons. The van der Waals surface area contributed by atoms with E-state index in [4.69, 9.17) is 5.73 Å². The lowest BCUT2D eigenvalue weighted by atomic mass is 10.1. The summed E-state index contributed by atoms with van der Waals surface area (Å²) in [5.74, 6) is -1.92. The summed E-state index contributed by atoms with van der Waals surface area (Å²) >= 11 is 0. The SMILES string of the molecule is NCC1CCCN1C(=O)c1ccc(F)c(C(F)(F)F)c1. The van der Waals surface area contributed by atoms with Crippen LogP contribution in [0, 0.1) is 5.82 Å². The molecule has 0 spiro atoms. The fourth-order valence-corrected chi connectivity index (χ4v) is 2.39. The topological polar surface area (TPSA) is 46.3 Å². The lowest BCUT2D eigenvalue weighted by Crippen LogP contribution is -2.40. The van der Waals surface area contributed by atoms with Gasteiger partial charge < -0.3 is 10.6 Å². The largest absolute Gasteiger partial charge is 0.419 e. The first-order valence-corrected chi connectivity index (χ1v) is 6.22. The zero-order chi connectivity index (χ0) is 14.9. The first kappa shape index (κ1) is 14.8. The Kier molecular flexibility index (Phi) is 3.99. The van der Waals surface area contributed by atoms with Crippen LogP contribution < -0.4 is 5.73 Å². The van der Waals surface area contributed by atoms with Gasteiger partial charge in [-0.1, -0.05) is 0 Å². The second-order valence-electron chi connectivity index (χ2n) is 4.72. The maximum Gasteiger partial charge on any atom is 0.419 e. The van der Waals surface area contributed by atoms with Crippen molar-refractivity contribution in [2.24, 2.45) is 5.73 Å². The molecule has 0 saturated carbocycles. The molecule has 1 unspecified atom stereocenters. The molecule has 1 amide bonds. The first-order valence-electron chi connectivity index (χ1n) is 6.22. The summed E-state index contributed by atoms with van der Waals surface area (Å²) in [6.45, 7) is 0.721. The molecule has 3 nitrogen and oxygen atoms in total. The highest BCUT2D eigenvalue weighted by Crippen LogP contribution is 2.32. The number of carbonyl (C=O) groups excluding carboxylic acids is 1. The van der Waals surface area contributed by atoms with Crippen LogP contribution in [0.15, 0.2) is 18.2 Å². The number of nitrogens with two attached hydrogens (primary N) is 1. The Morgan fingerprint density at radius 2 is 2.10 bits per heavy atom. The molecule has 0 radical (unpaired) electrons. The highest BCUT2D eigenvalue weighted by molar-refractivity contribution is 5.94. The summed E-state index contributed by atoms with van der Waals surface area (Å²) < 4.78 is 51.1. The Labute approximate surface area is 113 Å². The smallest absolute Gasteiger partial charge is 0.334 e. The number of nitrogens with zero attached hydrogens (tertiary/aromatic N) is 1. The third-order valence-corrected chi connectivity index (χ3v) is 3.43. The van der Waals surface area contributed by atoms with Crippen LogP contribution >= 0.6 is 0 Å². The fourth-order valence-electron chi connectivity index (χ4n) is 2.39. The van der Waals surface area contributed by atoms with E-state index < -0.39 is 23.5 Å². The van der Waals surface area contributed by atoms with Crippen LogP contribution in [0.2, 0.25) is 0 Å². The number of carbonyl (C=O) groups is 1. The Bertz CT molecular complexity index is 516. The van der Waals surface area contributed by atoms with Crippen LogP contribution in [0.5, 0.6) is 0 Å².